The standard InChI is InChI=1S/C11H15BN2O2/c1-7-4-8(12)2-3-10(7)14-6-9(5-13)16-11(14)15/h2-4,9H,5-6,12-13H2,1H3/t9-/m0/s1. The van der Waals surface area contributed by atoms with Crippen LogP contribution < -0.4 is 16.1 Å². The Hall–Kier alpha value is -1.49. The molecule has 1 atom stereocenters. The van der Waals surface area contributed by atoms with E-state index in [1.165, 1.54) is 5.46 Å². The lowest BCUT2D eigenvalue weighted by molar-refractivity contribution is 0.145. The SMILES string of the molecule is Bc1ccc(N2C[C@H](CN)OC2=O)c(C)c1. The van der Waals surface area contributed by atoms with E-state index in [1.807, 2.05) is 26.9 Å². The summed E-state index contributed by atoms with van der Waals surface area (Å²) in [7, 11) is 2.03. The summed E-state index contributed by atoms with van der Waals surface area (Å²) >= 11 is 0. The molecule has 1 aromatic rings. The van der Waals surface area contributed by atoms with Gasteiger partial charge >= 0.3 is 6.09 Å². The molecule has 1 saturated heterocycles. The van der Waals surface area contributed by atoms with E-state index in [0.717, 1.165) is 11.3 Å². The summed E-state index contributed by atoms with van der Waals surface area (Å²) in [6.07, 6.45) is -0.490. The first-order valence-corrected chi connectivity index (χ1v) is 5.37. The number of hydrogen-bond donors (Lipinski definition) is 1. The third kappa shape index (κ3) is 1.90. The minimum Gasteiger partial charge on any atom is -0.443 e. The van der Waals surface area contributed by atoms with E-state index in [4.69, 9.17) is 10.5 Å². The number of anilines is 1. The quantitative estimate of drug-likeness (QED) is 0.683. The van der Waals surface area contributed by atoms with Gasteiger partial charge in [-0.05, 0) is 18.6 Å². The fourth-order valence-electron chi connectivity index (χ4n) is 1.95. The second kappa shape index (κ2) is 4.18. The van der Waals surface area contributed by atoms with Crippen LogP contribution in [0.25, 0.3) is 0 Å². The zero-order valence-electron chi connectivity index (χ0n) is 9.56. The van der Waals surface area contributed by atoms with Crippen LogP contribution in [0.4, 0.5) is 10.5 Å². The summed E-state index contributed by atoms with van der Waals surface area (Å²) in [5.74, 6) is 0. The maximum atomic E-state index is 11.6. The molecular weight excluding hydrogens is 203 g/mol. The molecule has 5 heteroatoms. The van der Waals surface area contributed by atoms with Crippen molar-refractivity contribution < 1.29 is 9.53 Å². The van der Waals surface area contributed by atoms with Crippen molar-refractivity contribution in [2.45, 2.75) is 13.0 Å². The number of carbonyl (C=O) groups is 1. The van der Waals surface area contributed by atoms with Crippen molar-refractivity contribution in [2.75, 3.05) is 18.0 Å². The van der Waals surface area contributed by atoms with Crippen LogP contribution in [0, 0.1) is 6.92 Å². The molecule has 16 heavy (non-hydrogen) atoms. The highest BCUT2D eigenvalue weighted by atomic mass is 16.6. The lowest BCUT2D eigenvalue weighted by Crippen LogP contribution is -2.28. The molecule has 0 bridgehead atoms. The van der Waals surface area contributed by atoms with Gasteiger partial charge in [0.1, 0.15) is 14.0 Å². The number of carbonyl (C=O) groups excluding carboxylic acids is 1. The Kier molecular flexibility index (Phi) is 2.87. The topological polar surface area (TPSA) is 55.6 Å². The van der Waals surface area contributed by atoms with Crippen molar-refractivity contribution in [3.05, 3.63) is 23.8 Å². The Labute approximate surface area is 95.8 Å². The lowest BCUT2D eigenvalue weighted by Gasteiger charge is -2.16. The number of cyclic esters (lactones) is 1. The molecule has 2 N–H and O–H groups in total. The monoisotopic (exact) mass is 218 g/mol. The van der Waals surface area contributed by atoms with Crippen LogP contribution in [-0.2, 0) is 4.74 Å². The molecule has 0 saturated carbocycles. The van der Waals surface area contributed by atoms with Gasteiger partial charge in [0.25, 0.3) is 0 Å². The smallest absolute Gasteiger partial charge is 0.414 e. The van der Waals surface area contributed by atoms with E-state index < -0.39 is 0 Å². The molecule has 1 aliphatic rings. The van der Waals surface area contributed by atoms with Gasteiger partial charge in [0.15, 0.2) is 0 Å². The van der Waals surface area contributed by atoms with Crippen molar-refractivity contribution in [1.82, 2.24) is 0 Å². The molecule has 1 amide bonds. The molecule has 0 unspecified atom stereocenters. The zero-order chi connectivity index (χ0) is 11.7. The highest BCUT2D eigenvalue weighted by Crippen LogP contribution is 2.23. The van der Waals surface area contributed by atoms with Gasteiger partial charge in [-0.2, -0.15) is 0 Å². The summed E-state index contributed by atoms with van der Waals surface area (Å²) in [6.45, 7) is 2.90. The van der Waals surface area contributed by atoms with Gasteiger partial charge in [-0.1, -0.05) is 17.6 Å². The Morgan fingerprint density at radius 2 is 2.38 bits per heavy atom. The molecule has 4 nitrogen and oxygen atoms in total. The molecule has 0 aliphatic carbocycles. The number of nitrogens with zero attached hydrogens (tertiary/aromatic N) is 1. The first kappa shape index (κ1) is 11.0. The molecule has 84 valence electrons. The largest absolute Gasteiger partial charge is 0.443 e. The molecule has 0 aromatic heterocycles. The average molecular weight is 218 g/mol. The number of ether oxygens (including phenoxy) is 1. The van der Waals surface area contributed by atoms with E-state index in [-0.39, 0.29) is 12.2 Å². The number of amides is 1. The highest BCUT2D eigenvalue weighted by Gasteiger charge is 2.31. The van der Waals surface area contributed by atoms with Crippen molar-refractivity contribution >= 4 is 25.1 Å². The van der Waals surface area contributed by atoms with E-state index in [0.29, 0.717) is 13.1 Å². The third-order valence-corrected chi connectivity index (χ3v) is 2.78. The van der Waals surface area contributed by atoms with Gasteiger partial charge in [0, 0.05) is 6.54 Å². The number of aryl methyl sites for hydroxylation is 1. The van der Waals surface area contributed by atoms with Crippen molar-refractivity contribution in [3.63, 3.8) is 0 Å². The fourth-order valence-corrected chi connectivity index (χ4v) is 1.95. The number of nitrogens with two attached hydrogens (primary N) is 1. The van der Waals surface area contributed by atoms with Gasteiger partial charge in [-0.25, -0.2) is 4.79 Å². The Bertz CT molecular complexity index is 422. The molecule has 2 rings (SSSR count). The first-order chi connectivity index (χ1) is 7.61. The van der Waals surface area contributed by atoms with Gasteiger partial charge in [0.2, 0.25) is 0 Å². The first-order valence-electron chi connectivity index (χ1n) is 5.37. The molecular formula is C11H15BN2O2. The molecule has 1 aliphatic heterocycles. The van der Waals surface area contributed by atoms with Crippen LogP contribution in [0.2, 0.25) is 0 Å². The summed E-state index contributed by atoms with van der Waals surface area (Å²) in [5.41, 5.74) is 8.67. The maximum absolute atomic E-state index is 11.6. The number of benzene rings is 1. The van der Waals surface area contributed by atoms with E-state index >= 15 is 0 Å². The lowest BCUT2D eigenvalue weighted by atomic mass is 9.94. The van der Waals surface area contributed by atoms with E-state index in [1.54, 1.807) is 4.90 Å². The van der Waals surface area contributed by atoms with Gasteiger partial charge in [0.05, 0.1) is 12.2 Å². The van der Waals surface area contributed by atoms with Gasteiger partial charge in [-0.3, -0.25) is 4.90 Å². The second-order valence-corrected chi connectivity index (χ2v) is 4.14. The van der Waals surface area contributed by atoms with Crippen LogP contribution in [0.3, 0.4) is 0 Å². The molecule has 1 fully saturated rings. The van der Waals surface area contributed by atoms with Crippen LogP contribution in [0.5, 0.6) is 0 Å². The van der Waals surface area contributed by atoms with Crippen LogP contribution >= 0.6 is 0 Å². The van der Waals surface area contributed by atoms with Crippen LogP contribution in [0.1, 0.15) is 5.56 Å². The minimum atomic E-state index is -0.303. The van der Waals surface area contributed by atoms with E-state index in [2.05, 4.69) is 6.07 Å². The molecule has 0 spiro atoms. The maximum Gasteiger partial charge on any atom is 0.414 e. The summed E-state index contributed by atoms with van der Waals surface area (Å²) in [4.78, 5) is 13.3. The third-order valence-electron chi connectivity index (χ3n) is 2.78. The van der Waals surface area contributed by atoms with Crippen LogP contribution in [-0.4, -0.2) is 33.1 Å². The predicted molar refractivity (Wildman–Crippen MR) is 66.0 cm³/mol. The normalized spacial score (nSPS) is 20.0. The number of rotatable bonds is 2. The second-order valence-electron chi connectivity index (χ2n) is 4.14. The summed E-state index contributed by atoms with van der Waals surface area (Å²) in [6, 6.07) is 5.99. The molecule has 1 aromatic carbocycles. The van der Waals surface area contributed by atoms with Crippen molar-refractivity contribution in [3.8, 4) is 0 Å². The zero-order valence-corrected chi connectivity index (χ0v) is 9.56. The predicted octanol–water partition coefficient (Wildman–Crippen LogP) is -0.463. The Morgan fingerprint density at radius 3 is 2.94 bits per heavy atom. The highest BCUT2D eigenvalue weighted by molar-refractivity contribution is 6.32. The molecule has 1 heterocycles. The number of hydrogen-bond acceptors (Lipinski definition) is 3. The van der Waals surface area contributed by atoms with Gasteiger partial charge < -0.3 is 10.5 Å². The average Bonchev–Trinajstić information content (AvgIpc) is 2.60. The van der Waals surface area contributed by atoms with Crippen LogP contribution in [0.15, 0.2) is 18.2 Å². The molecule has 0 radical (unpaired) electrons. The summed E-state index contributed by atoms with van der Waals surface area (Å²) in [5, 5.41) is 0. The van der Waals surface area contributed by atoms with E-state index in [9.17, 15) is 4.79 Å². The Morgan fingerprint density at radius 1 is 1.62 bits per heavy atom. The minimum absolute atomic E-state index is 0.187. The summed E-state index contributed by atoms with van der Waals surface area (Å²) < 4.78 is 5.12. The van der Waals surface area contributed by atoms with Gasteiger partial charge in [-0.15, -0.1) is 0 Å². The van der Waals surface area contributed by atoms with Crippen molar-refractivity contribution in [2.24, 2.45) is 5.73 Å². The fraction of sp³-hybridized carbons (Fsp3) is 0.364. The van der Waals surface area contributed by atoms with Crippen molar-refractivity contribution in [1.29, 1.82) is 0 Å². The Balaban J connectivity index is 2.28.